The lowest BCUT2D eigenvalue weighted by Crippen LogP contribution is -2.45. The van der Waals surface area contributed by atoms with Crippen LogP contribution in [0.25, 0.3) is 0 Å². The lowest BCUT2D eigenvalue weighted by Gasteiger charge is -2.18. The van der Waals surface area contributed by atoms with Crippen molar-refractivity contribution in [2.75, 3.05) is 6.61 Å². The summed E-state index contributed by atoms with van der Waals surface area (Å²) < 4.78 is 40.9. The number of carbonyl (C=O) groups is 2. The Morgan fingerprint density at radius 2 is 1.62 bits per heavy atom. The van der Waals surface area contributed by atoms with Gasteiger partial charge in [-0.15, -0.1) is 0 Å². The number of benzene rings is 2. The number of nitrogens with zero attached hydrogens (tertiary/aromatic N) is 2. The van der Waals surface area contributed by atoms with Crippen LogP contribution in [-0.2, 0) is 9.47 Å². The maximum Gasteiger partial charge on any atom is 0.340 e. The number of carbonyl (C=O) groups excluding carboxylic acids is 2. The molecule has 34 heavy (non-hydrogen) atoms. The molecule has 0 spiro atoms. The van der Waals surface area contributed by atoms with Crippen LogP contribution < -0.4 is 11.2 Å². The number of rotatable bonds is 5. The van der Waals surface area contributed by atoms with Crippen LogP contribution in [-0.4, -0.2) is 39.6 Å². The van der Waals surface area contributed by atoms with Gasteiger partial charge in [0.15, 0.2) is 6.10 Å². The first-order valence-electron chi connectivity index (χ1n) is 10.4. The molecular formula is C24H20F2N2O6. The zero-order valence-electron chi connectivity index (χ0n) is 18.0. The third-order valence-corrected chi connectivity index (χ3v) is 5.43. The van der Waals surface area contributed by atoms with Crippen molar-refractivity contribution in [2.24, 2.45) is 0 Å². The molecule has 1 aliphatic heterocycles. The molecule has 1 aliphatic rings. The minimum atomic E-state index is -3.43. The summed E-state index contributed by atoms with van der Waals surface area (Å²) in [4.78, 5) is 50.5. The number of halogens is 2. The highest BCUT2D eigenvalue weighted by molar-refractivity contribution is 5.95. The number of esters is 1. The van der Waals surface area contributed by atoms with Gasteiger partial charge in [0.25, 0.3) is 17.4 Å². The van der Waals surface area contributed by atoms with Crippen LogP contribution in [0, 0.1) is 6.92 Å². The summed E-state index contributed by atoms with van der Waals surface area (Å²) in [6.07, 6.45) is -3.12. The summed E-state index contributed by atoms with van der Waals surface area (Å²) in [6, 6.07) is 15.5. The Morgan fingerprint density at radius 3 is 2.24 bits per heavy atom. The van der Waals surface area contributed by atoms with E-state index in [0.717, 1.165) is 10.8 Å². The van der Waals surface area contributed by atoms with Crippen LogP contribution in [0.3, 0.4) is 0 Å². The Balaban J connectivity index is 1.59. The van der Waals surface area contributed by atoms with Crippen molar-refractivity contribution < 1.29 is 27.8 Å². The normalized spacial score (nSPS) is 19.0. The van der Waals surface area contributed by atoms with Gasteiger partial charge in [0.1, 0.15) is 12.8 Å². The van der Waals surface area contributed by atoms with Gasteiger partial charge in [-0.05, 0) is 31.2 Å². The Hall–Kier alpha value is -3.92. The van der Waals surface area contributed by atoms with E-state index < -0.39 is 54.4 Å². The number of alkyl halides is 2. The Morgan fingerprint density at radius 1 is 1.03 bits per heavy atom. The molecule has 2 heterocycles. The maximum atomic E-state index is 14.7. The van der Waals surface area contributed by atoms with Crippen LogP contribution in [0.4, 0.5) is 8.78 Å². The SMILES string of the molecule is Cc1cn(C2CC(F)(F)[C@H](COC(=O)c3ccccc3)O2)c(=O)n(C(=O)c2ccccc2)c1=O. The van der Waals surface area contributed by atoms with Crippen LogP contribution in [0.15, 0.2) is 76.4 Å². The average Bonchev–Trinajstić information content (AvgIpc) is 3.14. The number of aromatic nitrogens is 2. The Kier molecular flexibility index (Phi) is 6.25. The van der Waals surface area contributed by atoms with Crippen molar-refractivity contribution in [3.8, 4) is 0 Å². The first-order chi connectivity index (χ1) is 16.2. The van der Waals surface area contributed by atoms with Gasteiger partial charge in [0, 0.05) is 17.3 Å². The second kappa shape index (κ2) is 9.14. The molecule has 8 nitrogen and oxygen atoms in total. The maximum absolute atomic E-state index is 14.7. The molecular weight excluding hydrogens is 450 g/mol. The predicted octanol–water partition coefficient (Wildman–Crippen LogP) is 2.79. The van der Waals surface area contributed by atoms with E-state index in [1.807, 2.05) is 0 Å². The molecule has 0 saturated carbocycles. The number of hydrogen-bond acceptors (Lipinski definition) is 6. The van der Waals surface area contributed by atoms with Gasteiger partial charge in [-0.1, -0.05) is 36.4 Å². The zero-order valence-corrected chi connectivity index (χ0v) is 18.0. The summed E-state index contributed by atoms with van der Waals surface area (Å²) in [5.41, 5.74) is -1.68. The molecule has 176 valence electrons. The molecule has 1 saturated heterocycles. The zero-order chi connectivity index (χ0) is 24.5. The molecule has 1 unspecified atom stereocenters. The molecule has 0 N–H and O–H groups in total. The molecule has 0 amide bonds. The fraction of sp³-hybridized carbons (Fsp3) is 0.250. The van der Waals surface area contributed by atoms with E-state index in [0.29, 0.717) is 4.57 Å². The second-order valence-corrected chi connectivity index (χ2v) is 7.82. The number of aryl methyl sites for hydroxylation is 1. The second-order valence-electron chi connectivity index (χ2n) is 7.82. The van der Waals surface area contributed by atoms with Gasteiger partial charge in [0.05, 0.1) is 12.0 Å². The fourth-order valence-corrected chi connectivity index (χ4v) is 3.63. The first kappa shape index (κ1) is 23.2. The van der Waals surface area contributed by atoms with Crippen molar-refractivity contribution in [3.05, 3.63) is 104 Å². The summed E-state index contributed by atoms with van der Waals surface area (Å²) >= 11 is 0. The van der Waals surface area contributed by atoms with Crippen molar-refractivity contribution >= 4 is 11.9 Å². The van der Waals surface area contributed by atoms with Gasteiger partial charge in [-0.3, -0.25) is 14.2 Å². The van der Waals surface area contributed by atoms with E-state index in [2.05, 4.69) is 0 Å². The van der Waals surface area contributed by atoms with E-state index in [1.54, 1.807) is 36.4 Å². The van der Waals surface area contributed by atoms with Gasteiger partial charge in [-0.25, -0.2) is 18.4 Å². The summed E-state index contributed by atoms with van der Waals surface area (Å²) in [6.45, 7) is 0.618. The summed E-state index contributed by atoms with van der Waals surface area (Å²) in [7, 11) is 0. The predicted molar refractivity (Wildman–Crippen MR) is 116 cm³/mol. The van der Waals surface area contributed by atoms with Gasteiger partial charge in [-0.2, -0.15) is 4.57 Å². The minimum absolute atomic E-state index is 0.00486. The van der Waals surface area contributed by atoms with Crippen molar-refractivity contribution in [3.63, 3.8) is 0 Å². The van der Waals surface area contributed by atoms with Gasteiger partial charge < -0.3 is 9.47 Å². The molecule has 1 aromatic heterocycles. The third kappa shape index (κ3) is 4.44. The first-order valence-corrected chi connectivity index (χ1v) is 10.4. The highest BCUT2D eigenvalue weighted by atomic mass is 19.3. The van der Waals surface area contributed by atoms with Crippen molar-refractivity contribution in [1.29, 1.82) is 0 Å². The lowest BCUT2D eigenvalue weighted by atomic mass is 10.1. The highest BCUT2D eigenvalue weighted by Crippen LogP contribution is 2.40. The smallest absolute Gasteiger partial charge is 0.340 e. The standard InChI is InChI=1S/C24H20F2N2O6/c1-15-13-27(23(32)28(20(15)29)21(30)16-8-4-2-5-9-16)19-12-24(25,26)18(34-19)14-33-22(31)17-10-6-3-7-11-17/h2-11,13,18-19H,12,14H2,1H3/t18-,19?/m0/s1. The average molecular weight is 470 g/mol. The van der Waals surface area contributed by atoms with Crippen molar-refractivity contribution in [2.45, 2.75) is 31.6 Å². The number of hydrogen-bond donors (Lipinski definition) is 0. The van der Waals surface area contributed by atoms with Gasteiger partial charge in [0.2, 0.25) is 0 Å². The Labute approximate surface area is 192 Å². The summed E-state index contributed by atoms with van der Waals surface area (Å²) in [5.74, 6) is -5.11. The van der Waals surface area contributed by atoms with Crippen LogP contribution >= 0.6 is 0 Å². The molecule has 4 rings (SSSR count). The van der Waals surface area contributed by atoms with Crippen molar-refractivity contribution in [1.82, 2.24) is 9.13 Å². The molecule has 2 aromatic carbocycles. The molecule has 3 aromatic rings. The van der Waals surface area contributed by atoms with E-state index in [4.69, 9.17) is 9.47 Å². The quantitative estimate of drug-likeness (QED) is 0.532. The third-order valence-electron chi connectivity index (χ3n) is 5.43. The van der Waals surface area contributed by atoms with E-state index >= 15 is 0 Å². The van der Waals surface area contributed by atoms with E-state index in [1.165, 1.54) is 31.2 Å². The minimum Gasteiger partial charge on any atom is -0.459 e. The summed E-state index contributed by atoms with van der Waals surface area (Å²) in [5, 5.41) is 0. The van der Waals surface area contributed by atoms with Crippen LogP contribution in [0.5, 0.6) is 0 Å². The topological polar surface area (TPSA) is 96.6 Å². The van der Waals surface area contributed by atoms with Crippen LogP contribution in [0.2, 0.25) is 0 Å². The van der Waals surface area contributed by atoms with Crippen LogP contribution in [0.1, 0.15) is 38.9 Å². The number of ether oxygens (including phenoxy) is 2. The molecule has 0 aliphatic carbocycles. The molecule has 0 radical (unpaired) electrons. The fourth-order valence-electron chi connectivity index (χ4n) is 3.63. The van der Waals surface area contributed by atoms with Gasteiger partial charge >= 0.3 is 11.7 Å². The molecule has 2 atom stereocenters. The largest absolute Gasteiger partial charge is 0.459 e. The van der Waals surface area contributed by atoms with E-state index in [9.17, 15) is 28.0 Å². The lowest BCUT2D eigenvalue weighted by molar-refractivity contribution is -0.105. The molecule has 10 heteroatoms. The molecule has 1 fully saturated rings. The highest BCUT2D eigenvalue weighted by Gasteiger charge is 2.52. The Bertz CT molecular complexity index is 1340. The van der Waals surface area contributed by atoms with E-state index in [-0.39, 0.29) is 16.7 Å². The monoisotopic (exact) mass is 470 g/mol. The molecule has 0 bridgehead atoms.